The summed E-state index contributed by atoms with van der Waals surface area (Å²) < 4.78 is 21.1. The van der Waals surface area contributed by atoms with Crippen molar-refractivity contribution in [1.29, 1.82) is 0 Å². The Morgan fingerprint density at radius 3 is 2.54 bits per heavy atom. The third kappa shape index (κ3) is 5.72. The van der Waals surface area contributed by atoms with E-state index in [1.165, 1.54) is 11.6 Å². The predicted molar refractivity (Wildman–Crippen MR) is 142 cm³/mol. The van der Waals surface area contributed by atoms with E-state index in [2.05, 4.69) is 22.3 Å². The van der Waals surface area contributed by atoms with Gasteiger partial charge in [0.1, 0.15) is 5.75 Å². The van der Waals surface area contributed by atoms with Crippen LogP contribution in [0.25, 0.3) is 11.0 Å². The molecule has 2 heterocycles. The Morgan fingerprint density at radius 2 is 1.81 bits per heavy atom. The number of imidazole rings is 1. The van der Waals surface area contributed by atoms with Gasteiger partial charge in [0.15, 0.2) is 0 Å². The van der Waals surface area contributed by atoms with E-state index in [4.69, 9.17) is 9.72 Å². The van der Waals surface area contributed by atoms with E-state index >= 15 is 0 Å². The molecule has 4 aromatic rings. The number of methoxy groups -OCH3 is 1. The Labute approximate surface area is 214 Å². The van der Waals surface area contributed by atoms with Crippen LogP contribution in [0.15, 0.2) is 66.7 Å². The van der Waals surface area contributed by atoms with Crippen molar-refractivity contribution in [1.82, 2.24) is 14.5 Å². The molecule has 1 saturated heterocycles. The molecule has 37 heavy (non-hydrogen) atoms. The van der Waals surface area contributed by atoms with Gasteiger partial charge in [0, 0.05) is 31.7 Å². The number of nitro groups is 1. The van der Waals surface area contributed by atoms with Crippen molar-refractivity contribution < 1.29 is 14.1 Å². The molecule has 1 fully saturated rings. The molecule has 0 aliphatic carbocycles. The first-order valence-corrected chi connectivity index (χ1v) is 12.5. The van der Waals surface area contributed by atoms with Gasteiger partial charge in [-0.2, -0.15) is 4.39 Å². The molecule has 9 heteroatoms. The summed E-state index contributed by atoms with van der Waals surface area (Å²) in [6.07, 6.45) is 2.99. The molecule has 0 saturated carbocycles. The Hall–Kier alpha value is -3.98. The van der Waals surface area contributed by atoms with Crippen molar-refractivity contribution in [2.45, 2.75) is 31.8 Å². The topological polar surface area (TPSA) is 85.5 Å². The second-order valence-electron chi connectivity index (χ2n) is 9.41. The Balaban J connectivity index is 1.25. The number of likely N-dealkylation sites (tertiary alicyclic amines) is 1. The van der Waals surface area contributed by atoms with Crippen molar-refractivity contribution in [3.05, 3.63) is 93.8 Å². The van der Waals surface area contributed by atoms with Crippen LogP contribution in [0, 0.1) is 15.9 Å². The van der Waals surface area contributed by atoms with Crippen molar-refractivity contribution in [3.63, 3.8) is 0 Å². The summed E-state index contributed by atoms with van der Waals surface area (Å²) in [7, 11) is 1.68. The maximum absolute atomic E-state index is 13.9. The molecule has 0 spiro atoms. The van der Waals surface area contributed by atoms with E-state index in [9.17, 15) is 14.5 Å². The summed E-state index contributed by atoms with van der Waals surface area (Å²) in [6, 6.07) is 20.4. The largest absolute Gasteiger partial charge is 0.497 e. The van der Waals surface area contributed by atoms with Crippen molar-refractivity contribution in [2.75, 3.05) is 32.1 Å². The molecule has 5 rings (SSSR count). The van der Waals surface area contributed by atoms with E-state index in [1.54, 1.807) is 13.2 Å². The number of ether oxygens (including phenoxy) is 1. The van der Waals surface area contributed by atoms with Gasteiger partial charge < -0.3 is 19.5 Å². The minimum absolute atomic E-state index is 0.273. The molecule has 0 bridgehead atoms. The smallest absolute Gasteiger partial charge is 0.305 e. The van der Waals surface area contributed by atoms with E-state index in [0.717, 1.165) is 67.7 Å². The Morgan fingerprint density at radius 1 is 1.08 bits per heavy atom. The molecule has 3 aromatic carbocycles. The van der Waals surface area contributed by atoms with Gasteiger partial charge in [-0.15, -0.1) is 0 Å². The average Bonchev–Trinajstić information content (AvgIpc) is 3.26. The number of hydrogen-bond acceptors (Lipinski definition) is 6. The molecular weight excluding hydrogens is 473 g/mol. The van der Waals surface area contributed by atoms with Gasteiger partial charge >= 0.3 is 5.69 Å². The molecule has 0 radical (unpaired) electrons. The first-order chi connectivity index (χ1) is 18.0. The summed E-state index contributed by atoms with van der Waals surface area (Å²) in [5, 5.41) is 14.8. The van der Waals surface area contributed by atoms with Crippen LogP contribution in [0.2, 0.25) is 0 Å². The normalized spacial score (nSPS) is 14.6. The van der Waals surface area contributed by atoms with Gasteiger partial charge in [0.05, 0.1) is 29.6 Å². The van der Waals surface area contributed by atoms with Gasteiger partial charge in [-0.3, -0.25) is 10.1 Å². The van der Waals surface area contributed by atoms with Gasteiger partial charge in [-0.1, -0.05) is 30.3 Å². The summed E-state index contributed by atoms with van der Waals surface area (Å²) in [6.45, 7) is 3.36. The number of anilines is 1. The average molecular weight is 504 g/mol. The zero-order valence-electron chi connectivity index (χ0n) is 20.8. The van der Waals surface area contributed by atoms with Crippen molar-refractivity contribution >= 4 is 22.7 Å². The number of halogens is 1. The minimum atomic E-state index is -0.832. The molecule has 1 aromatic heterocycles. The number of para-hydroxylation sites is 2. The first-order valence-electron chi connectivity index (χ1n) is 12.5. The number of nitrogens with one attached hydrogen (secondary N) is 1. The van der Waals surface area contributed by atoms with Crippen molar-refractivity contribution in [2.24, 2.45) is 0 Å². The molecule has 1 N–H and O–H groups in total. The lowest BCUT2D eigenvalue weighted by atomic mass is 10.0. The summed E-state index contributed by atoms with van der Waals surface area (Å²) >= 11 is 0. The van der Waals surface area contributed by atoms with Crippen LogP contribution < -0.4 is 10.1 Å². The molecule has 1 aliphatic heterocycles. The molecular formula is C28H30FN5O3. The van der Waals surface area contributed by atoms with Crippen molar-refractivity contribution in [3.8, 4) is 5.75 Å². The molecule has 1 aliphatic rings. The number of nitro benzene ring substituents is 1. The SMILES string of the molecule is COc1ccc(CCN2CCC(Nc3nc4ccccc4n3Cc3ccc(F)c([N+](=O)[O-])c3)CC2)cc1. The van der Waals surface area contributed by atoms with E-state index < -0.39 is 16.4 Å². The molecule has 192 valence electrons. The number of fused-ring (bicyclic) bond motifs is 1. The van der Waals surface area contributed by atoms with Crippen LogP contribution in [0.4, 0.5) is 16.0 Å². The Bertz CT molecular complexity index is 1380. The quantitative estimate of drug-likeness (QED) is 0.248. The molecule has 0 atom stereocenters. The number of aromatic nitrogens is 2. The highest BCUT2D eigenvalue weighted by atomic mass is 19.1. The maximum Gasteiger partial charge on any atom is 0.305 e. The monoisotopic (exact) mass is 503 g/mol. The van der Waals surface area contributed by atoms with Crippen LogP contribution in [0.1, 0.15) is 24.0 Å². The number of piperidine rings is 1. The number of nitrogens with zero attached hydrogens (tertiary/aromatic N) is 4. The second-order valence-corrected chi connectivity index (χ2v) is 9.41. The minimum Gasteiger partial charge on any atom is -0.497 e. The van der Waals surface area contributed by atoms with Gasteiger partial charge in [0.25, 0.3) is 0 Å². The lowest BCUT2D eigenvalue weighted by molar-refractivity contribution is -0.387. The highest BCUT2D eigenvalue weighted by Crippen LogP contribution is 2.26. The maximum atomic E-state index is 13.9. The highest BCUT2D eigenvalue weighted by Gasteiger charge is 2.22. The van der Waals surface area contributed by atoms with Crippen LogP contribution >= 0.6 is 0 Å². The van der Waals surface area contributed by atoms with E-state index in [1.807, 2.05) is 41.0 Å². The van der Waals surface area contributed by atoms with Crippen LogP contribution in [-0.2, 0) is 13.0 Å². The third-order valence-electron chi connectivity index (χ3n) is 7.00. The molecule has 0 unspecified atom stereocenters. The zero-order chi connectivity index (χ0) is 25.8. The second kappa shape index (κ2) is 11.0. The van der Waals surface area contributed by atoms with E-state index in [-0.39, 0.29) is 6.04 Å². The van der Waals surface area contributed by atoms with Crippen LogP contribution in [0.5, 0.6) is 5.75 Å². The number of hydrogen-bond donors (Lipinski definition) is 1. The van der Waals surface area contributed by atoms with Gasteiger partial charge in [0.2, 0.25) is 11.8 Å². The van der Waals surface area contributed by atoms with Crippen LogP contribution in [0.3, 0.4) is 0 Å². The lowest BCUT2D eigenvalue weighted by Crippen LogP contribution is -2.40. The zero-order valence-corrected chi connectivity index (χ0v) is 20.8. The molecule has 0 amide bonds. The Kier molecular flexibility index (Phi) is 7.32. The third-order valence-corrected chi connectivity index (χ3v) is 7.00. The molecule has 8 nitrogen and oxygen atoms in total. The predicted octanol–water partition coefficient (Wildman–Crippen LogP) is 5.26. The summed E-state index contributed by atoms with van der Waals surface area (Å²) in [5.74, 6) is 0.769. The fourth-order valence-corrected chi connectivity index (χ4v) is 4.89. The summed E-state index contributed by atoms with van der Waals surface area (Å²) in [5.41, 5.74) is 3.20. The standard InChI is InChI=1S/C28H30FN5O3/c1-37-23-9-6-20(7-10-23)12-15-32-16-13-22(14-17-32)30-28-31-25-4-2-3-5-26(25)33(28)19-21-8-11-24(29)27(18-21)34(35)36/h2-11,18,22H,12-17,19H2,1H3,(H,30,31). The van der Waals surface area contributed by atoms with Crippen LogP contribution in [-0.4, -0.2) is 52.2 Å². The fourth-order valence-electron chi connectivity index (χ4n) is 4.89. The fraction of sp³-hybridized carbons (Fsp3) is 0.321. The lowest BCUT2D eigenvalue weighted by Gasteiger charge is -2.32. The van der Waals surface area contributed by atoms with Gasteiger partial charge in [-0.05, 0) is 60.7 Å². The van der Waals surface area contributed by atoms with E-state index in [0.29, 0.717) is 12.1 Å². The van der Waals surface area contributed by atoms with Gasteiger partial charge in [-0.25, -0.2) is 4.98 Å². The first kappa shape index (κ1) is 24.7. The summed E-state index contributed by atoms with van der Waals surface area (Å²) in [4.78, 5) is 17.8. The highest BCUT2D eigenvalue weighted by molar-refractivity contribution is 5.78. The number of rotatable bonds is 9. The number of benzene rings is 3.